The monoisotopic (exact) mass is 1030 g/mol. The Labute approximate surface area is 435 Å². The zero-order valence-electron chi connectivity index (χ0n) is 45.6. The van der Waals surface area contributed by atoms with Crippen LogP contribution in [0.25, 0.3) is 0 Å². The Kier molecular flexibility index (Phi) is 17.3. The van der Waals surface area contributed by atoms with E-state index in [0.29, 0.717) is 51.9 Å². The van der Waals surface area contributed by atoms with Crippen LogP contribution < -0.4 is 20.7 Å². The first-order chi connectivity index (χ1) is 34.1. The second kappa shape index (κ2) is 22.6. The van der Waals surface area contributed by atoms with Gasteiger partial charge in [-0.3, -0.25) is 4.79 Å². The summed E-state index contributed by atoms with van der Waals surface area (Å²) in [6.07, 6.45) is 1.70. The van der Waals surface area contributed by atoms with Crippen LogP contribution in [0.5, 0.6) is 0 Å². The fourth-order valence-corrected chi connectivity index (χ4v) is 22.2. The number of carbonyl (C=O) groups excluding carboxylic acids is 1. The van der Waals surface area contributed by atoms with E-state index in [2.05, 4.69) is 197 Å². The molecule has 4 aliphatic rings. The molecule has 72 heavy (non-hydrogen) atoms. The molecule has 0 N–H and O–H groups in total. The number of hydrogen-bond acceptors (Lipinski definition) is 9. The second-order valence-electron chi connectivity index (χ2n) is 24.6. The van der Waals surface area contributed by atoms with Gasteiger partial charge >= 0.3 is 0 Å². The third-order valence-corrected chi connectivity index (χ3v) is 31.3. The van der Waals surface area contributed by atoms with Gasteiger partial charge in [-0.1, -0.05) is 184 Å². The van der Waals surface area contributed by atoms with Crippen molar-refractivity contribution in [1.82, 2.24) is 0 Å². The molecule has 4 fully saturated rings. The molecule has 0 saturated carbocycles. The van der Waals surface area contributed by atoms with Crippen LogP contribution in [0, 0.1) is 0 Å². The van der Waals surface area contributed by atoms with Gasteiger partial charge in [0.15, 0.2) is 14.1 Å². The summed E-state index contributed by atoms with van der Waals surface area (Å²) in [6, 6.07) is 43.5. The molecule has 12 heteroatoms. The van der Waals surface area contributed by atoms with Crippen molar-refractivity contribution in [3.63, 3.8) is 0 Å². The summed E-state index contributed by atoms with van der Waals surface area (Å²) in [4.78, 5) is 13.4. The summed E-state index contributed by atoms with van der Waals surface area (Å²) < 4.78 is 58.0. The van der Waals surface area contributed by atoms with Crippen LogP contribution in [0.2, 0.25) is 28.2 Å². The molecule has 0 aromatic heterocycles. The molecule has 0 bridgehead atoms. The van der Waals surface area contributed by atoms with E-state index in [-0.39, 0.29) is 57.5 Å². The van der Waals surface area contributed by atoms with Gasteiger partial charge in [0.2, 0.25) is 0 Å². The molecule has 0 aliphatic carbocycles. The molecule has 10 atom stereocenters. The Balaban J connectivity index is 1.19. The number of ether oxygens (including phenoxy) is 5. The number of benzene rings is 4. The number of carbonyl (C=O) groups is 1. The van der Waals surface area contributed by atoms with Gasteiger partial charge in [0.1, 0.15) is 12.2 Å². The largest absolute Gasteiger partial charge is 0.417 e. The third kappa shape index (κ3) is 11.6. The predicted molar refractivity (Wildman–Crippen MR) is 297 cm³/mol. The number of ketones is 1. The van der Waals surface area contributed by atoms with Crippen LogP contribution in [0.1, 0.15) is 114 Å². The molecule has 0 spiro atoms. The molecular formula is C60H86O9Si3. The highest BCUT2D eigenvalue weighted by Gasteiger charge is 2.57. The highest BCUT2D eigenvalue weighted by Crippen LogP contribution is 2.44. The Morgan fingerprint density at radius 2 is 1.03 bits per heavy atom. The molecule has 9 nitrogen and oxygen atoms in total. The molecular weight excluding hydrogens is 949 g/mol. The maximum atomic E-state index is 13.4. The minimum Gasteiger partial charge on any atom is -0.417 e. The SMILES string of the molecule is CC(=O)[C@H]1O[C@H]2CCCO[C@@H]2C[C@@H]1O[C@@H]1CC[C@@H]2O[C@H](CO[Si](c3ccccc3)(c3ccccc3)C(C)(C)C)[C@@H](O[Si](c3ccccc3)(c3ccccc3)C(C)(C)C)C[C@H]2O[C@H]1CCO[Si](C)(C)C(C)(C)C. The standard InChI is InChI=1S/C60H86O9Si3/c1-43(61)57-55(40-52-48(68-57)34-25-38-62-52)66-49-35-36-50-53(65-51(49)37-39-63-70(11,12)58(2,3)4)41-54(69-72(60(8,9)10,46-30-21-15-22-31-46)47-32-23-16-24-33-47)56(67-50)42-64-71(59(5,6)7,44-26-17-13-18-27-44)45-28-19-14-20-29-45/h13-24,26-33,48-57H,25,34-42H2,1-12H3/t48-,49+,50-,51-,52+,53+,54-,55-,56+,57+/m0/s1. The van der Waals surface area contributed by atoms with E-state index >= 15 is 0 Å². The summed E-state index contributed by atoms with van der Waals surface area (Å²) in [5, 5.41) is 4.42. The lowest BCUT2D eigenvalue weighted by atomic mass is 9.91. The van der Waals surface area contributed by atoms with Crippen LogP contribution in [-0.4, -0.2) is 112 Å². The Morgan fingerprint density at radius 3 is 1.53 bits per heavy atom. The number of fused-ring (bicyclic) bond motifs is 2. The zero-order valence-corrected chi connectivity index (χ0v) is 48.6. The lowest BCUT2D eigenvalue weighted by Gasteiger charge is -2.50. The first-order valence-electron chi connectivity index (χ1n) is 27.1. The van der Waals surface area contributed by atoms with Gasteiger partial charge in [-0.25, -0.2) is 0 Å². The normalized spacial score (nSPS) is 27.8. The van der Waals surface area contributed by atoms with Crippen LogP contribution in [0.3, 0.4) is 0 Å². The molecule has 8 rings (SSSR count). The summed E-state index contributed by atoms with van der Waals surface area (Å²) in [5.74, 6) is -0.0135. The zero-order chi connectivity index (χ0) is 51.5. The molecule has 4 aliphatic heterocycles. The van der Waals surface area contributed by atoms with Gasteiger partial charge in [0.05, 0.1) is 55.4 Å². The highest BCUT2D eigenvalue weighted by atomic mass is 28.4. The molecule has 0 unspecified atom stereocenters. The average Bonchev–Trinajstić information content (AvgIpc) is 3.51. The van der Waals surface area contributed by atoms with Gasteiger partial charge < -0.3 is 37.0 Å². The third-order valence-electron chi connectivity index (χ3n) is 16.7. The fourth-order valence-electron chi connectivity index (χ4n) is 11.9. The molecule has 4 aromatic rings. The molecule has 0 amide bonds. The van der Waals surface area contributed by atoms with E-state index in [1.807, 2.05) is 0 Å². The molecule has 4 aromatic carbocycles. The van der Waals surface area contributed by atoms with Gasteiger partial charge in [-0.2, -0.15) is 0 Å². The molecule has 0 radical (unpaired) electrons. The molecule has 4 heterocycles. The summed E-state index contributed by atoms with van der Waals surface area (Å²) in [5.41, 5.74) is 0. The summed E-state index contributed by atoms with van der Waals surface area (Å²) in [7, 11) is -8.20. The van der Waals surface area contributed by atoms with Gasteiger partial charge in [0.25, 0.3) is 16.6 Å². The van der Waals surface area contributed by atoms with Crippen LogP contribution in [0.15, 0.2) is 121 Å². The number of hydrogen-bond donors (Lipinski definition) is 0. The van der Waals surface area contributed by atoms with Gasteiger partial charge in [-0.05, 0) is 88.0 Å². The summed E-state index contributed by atoms with van der Waals surface area (Å²) in [6.45, 7) is 28.7. The van der Waals surface area contributed by atoms with E-state index in [1.165, 1.54) is 20.7 Å². The first-order valence-corrected chi connectivity index (χ1v) is 33.8. The van der Waals surface area contributed by atoms with E-state index in [0.717, 1.165) is 12.8 Å². The van der Waals surface area contributed by atoms with E-state index in [9.17, 15) is 4.79 Å². The van der Waals surface area contributed by atoms with Gasteiger partial charge in [0, 0.05) is 26.1 Å². The maximum absolute atomic E-state index is 13.4. The van der Waals surface area contributed by atoms with Crippen LogP contribution in [-0.2, 0) is 41.8 Å². The molecule has 392 valence electrons. The molecule has 4 saturated heterocycles. The minimum absolute atomic E-state index is 0.0135. The summed E-state index contributed by atoms with van der Waals surface area (Å²) >= 11 is 0. The quantitative estimate of drug-likeness (QED) is 0.102. The lowest BCUT2D eigenvalue weighted by Crippen LogP contribution is -2.70. The predicted octanol–water partition coefficient (Wildman–Crippen LogP) is 10.3. The van der Waals surface area contributed by atoms with Crippen molar-refractivity contribution in [2.75, 3.05) is 19.8 Å². The fraction of sp³-hybridized carbons (Fsp3) is 0.583. The topological polar surface area (TPSA) is 90.9 Å². The Bertz CT molecular complexity index is 2250. The van der Waals surface area contributed by atoms with Crippen molar-refractivity contribution >= 4 is 51.5 Å². The van der Waals surface area contributed by atoms with E-state index < -0.39 is 49.4 Å². The van der Waals surface area contributed by atoms with Crippen LogP contribution in [0.4, 0.5) is 0 Å². The first kappa shape index (κ1) is 55.1. The van der Waals surface area contributed by atoms with Crippen molar-refractivity contribution in [2.45, 2.75) is 203 Å². The van der Waals surface area contributed by atoms with Crippen molar-refractivity contribution in [3.05, 3.63) is 121 Å². The lowest BCUT2D eigenvalue weighted by molar-refractivity contribution is -0.233. The van der Waals surface area contributed by atoms with Crippen LogP contribution >= 0.6 is 0 Å². The van der Waals surface area contributed by atoms with Crippen molar-refractivity contribution in [3.8, 4) is 0 Å². The van der Waals surface area contributed by atoms with Crippen molar-refractivity contribution in [2.24, 2.45) is 0 Å². The van der Waals surface area contributed by atoms with Gasteiger partial charge in [-0.15, -0.1) is 0 Å². The van der Waals surface area contributed by atoms with Crippen molar-refractivity contribution in [1.29, 1.82) is 0 Å². The number of rotatable bonds is 16. The van der Waals surface area contributed by atoms with E-state index in [4.69, 9.17) is 37.0 Å². The van der Waals surface area contributed by atoms with Crippen molar-refractivity contribution < 1.29 is 41.8 Å². The maximum Gasteiger partial charge on any atom is 0.261 e. The Hall–Kier alpha value is -3.12. The minimum atomic E-state index is -3.12. The Morgan fingerprint density at radius 1 is 0.542 bits per heavy atom. The number of Topliss-reactive ketones (excluding diaryl/α,β-unsaturated/α-hetero) is 1. The second-order valence-corrected chi connectivity index (χ2v) is 38.0. The highest BCUT2D eigenvalue weighted by molar-refractivity contribution is 7.00. The smallest absolute Gasteiger partial charge is 0.261 e. The average molecular weight is 1040 g/mol. The van der Waals surface area contributed by atoms with E-state index in [1.54, 1.807) is 6.92 Å².